The lowest BCUT2D eigenvalue weighted by Crippen LogP contribution is -2.10. The van der Waals surface area contributed by atoms with Gasteiger partial charge >= 0.3 is 12.0 Å². The Morgan fingerprint density at radius 3 is 2.10 bits per heavy atom. The van der Waals surface area contributed by atoms with Crippen molar-refractivity contribution in [3.05, 3.63) is 65.8 Å². The maximum atomic E-state index is 12.8. The van der Waals surface area contributed by atoms with Gasteiger partial charge in [-0.05, 0) is 28.9 Å². The largest absolute Gasteiger partial charge is 0.393 e. The summed E-state index contributed by atoms with van der Waals surface area (Å²) in [5.74, 6) is 0.619. The lowest BCUT2D eigenvalue weighted by molar-refractivity contribution is -0.417. The van der Waals surface area contributed by atoms with Gasteiger partial charge in [0.05, 0.1) is 6.42 Å². The van der Waals surface area contributed by atoms with Crippen LogP contribution in [0.15, 0.2) is 60.2 Å². The highest BCUT2D eigenvalue weighted by atomic mass is 19.4. The third kappa shape index (κ3) is 3.70. The van der Waals surface area contributed by atoms with Crippen molar-refractivity contribution in [2.75, 3.05) is 7.11 Å². The zero-order valence-corrected chi connectivity index (χ0v) is 10.9. The normalized spacial score (nSPS) is 14.6. The molecule has 1 aliphatic rings. The Balaban J connectivity index is 2.46. The molecule has 1 aliphatic carbocycles. The Morgan fingerprint density at radius 2 is 1.60 bits per heavy atom. The standard InChI is InChI=1S/C16H14F3O/c1-20-14-9-7-13(8-10-14)15(11-16(17,18)19)12-5-3-2-4-6-12/h2-10H,11H2,1H3/q+1. The van der Waals surface area contributed by atoms with Crippen molar-refractivity contribution >= 4 is 11.4 Å². The summed E-state index contributed by atoms with van der Waals surface area (Å²) in [6.45, 7) is 0. The molecule has 0 heterocycles. The van der Waals surface area contributed by atoms with Crippen LogP contribution in [0.4, 0.5) is 13.2 Å². The van der Waals surface area contributed by atoms with Gasteiger partial charge in [0.25, 0.3) is 7.11 Å². The van der Waals surface area contributed by atoms with E-state index >= 15 is 0 Å². The highest BCUT2D eigenvalue weighted by Gasteiger charge is 2.30. The van der Waals surface area contributed by atoms with Gasteiger partial charge in [-0.2, -0.15) is 13.2 Å². The number of rotatable bonds is 2. The number of hydrogen-bond acceptors (Lipinski definition) is 0. The van der Waals surface area contributed by atoms with Crippen molar-refractivity contribution in [3.63, 3.8) is 0 Å². The van der Waals surface area contributed by atoms with Crippen molar-refractivity contribution in [3.8, 4) is 0 Å². The smallest absolute Gasteiger partial charge is 0.258 e. The van der Waals surface area contributed by atoms with Crippen molar-refractivity contribution in [2.45, 2.75) is 12.6 Å². The van der Waals surface area contributed by atoms with Gasteiger partial charge in [-0.15, -0.1) is 0 Å². The fourth-order valence-electron chi connectivity index (χ4n) is 2.00. The van der Waals surface area contributed by atoms with Gasteiger partial charge < -0.3 is 0 Å². The third-order valence-electron chi connectivity index (χ3n) is 2.94. The zero-order valence-electron chi connectivity index (χ0n) is 10.9. The first-order valence-corrected chi connectivity index (χ1v) is 6.12. The van der Waals surface area contributed by atoms with Gasteiger partial charge in [0.1, 0.15) is 0 Å². The van der Waals surface area contributed by atoms with Crippen molar-refractivity contribution < 1.29 is 17.6 Å². The lowest BCUT2D eigenvalue weighted by Gasteiger charge is -2.14. The van der Waals surface area contributed by atoms with Gasteiger partial charge in [-0.25, -0.2) is 0 Å². The quantitative estimate of drug-likeness (QED) is 0.717. The average Bonchev–Trinajstić information content (AvgIpc) is 2.45. The van der Waals surface area contributed by atoms with Crippen molar-refractivity contribution in [2.24, 2.45) is 0 Å². The molecular formula is C16H14F3O+. The Bertz CT molecular complexity index is 572. The summed E-state index contributed by atoms with van der Waals surface area (Å²) in [5.41, 5.74) is 1.39. The van der Waals surface area contributed by atoms with E-state index in [0.29, 0.717) is 16.9 Å². The molecule has 0 N–H and O–H groups in total. The van der Waals surface area contributed by atoms with Crippen LogP contribution in [0.25, 0.3) is 5.57 Å². The summed E-state index contributed by atoms with van der Waals surface area (Å²) in [5, 5.41) is 0. The first-order chi connectivity index (χ1) is 9.49. The highest BCUT2D eigenvalue weighted by molar-refractivity contribution is 6.02. The van der Waals surface area contributed by atoms with Crippen LogP contribution in [0.3, 0.4) is 0 Å². The van der Waals surface area contributed by atoms with Crippen LogP contribution in [-0.4, -0.2) is 19.1 Å². The van der Waals surface area contributed by atoms with E-state index in [1.807, 2.05) is 0 Å². The minimum absolute atomic E-state index is 0.265. The molecule has 0 aromatic heterocycles. The molecule has 0 spiro atoms. The molecule has 0 saturated heterocycles. The molecule has 0 amide bonds. The second kappa shape index (κ2) is 5.90. The minimum atomic E-state index is -4.24. The molecule has 2 rings (SSSR count). The number of hydrogen-bond donors (Lipinski definition) is 0. The molecule has 0 unspecified atom stereocenters. The van der Waals surface area contributed by atoms with Crippen LogP contribution in [0, 0.1) is 0 Å². The van der Waals surface area contributed by atoms with Gasteiger partial charge in [0, 0.05) is 12.2 Å². The van der Waals surface area contributed by atoms with E-state index < -0.39 is 12.6 Å². The Kier molecular flexibility index (Phi) is 4.23. The van der Waals surface area contributed by atoms with Crippen LogP contribution in [0.2, 0.25) is 0 Å². The molecule has 1 nitrogen and oxygen atoms in total. The van der Waals surface area contributed by atoms with Crippen LogP contribution in [0.5, 0.6) is 0 Å². The SMILES string of the molecule is C[O+]=C1C=CC(=C(CC(F)(F)F)c2ccccc2)C=C1. The molecule has 0 aliphatic heterocycles. The monoisotopic (exact) mass is 279 g/mol. The maximum Gasteiger partial charge on any atom is 0.393 e. The fourth-order valence-corrected chi connectivity index (χ4v) is 2.00. The first kappa shape index (κ1) is 14.3. The highest BCUT2D eigenvalue weighted by Crippen LogP contribution is 2.34. The molecule has 0 bridgehead atoms. The Hall–Kier alpha value is -2.10. The number of allylic oxidation sites excluding steroid dienone is 6. The first-order valence-electron chi connectivity index (χ1n) is 6.12. The molecule has 0 radical (unpaired) electrons. The summed E-state index contributed by atoms with van der Waals surface area (Å²) >= 11 is 0. The second-order valence-electron chi connectivity index (χ2n) is 4.37. The molecule has 0 atom stereocenters. The van der Waals surface area contributed by atoms with Crippen molar-refractivity contribution in [1.82, 2.24) is 0 Å². The maximum absolute atomic E-state index is 12.8. The molecule has 0 fully saturated rings. The minimum Gasteiger partial charge on any atom is -0.258 e. The topological polar surface area (TPSA) is 11.3 Å². The molecule has 4 heteroatoms. The number of carbonyl (C=O) groups excluding carboxylic acids is 1. The second-order valence-corrected chi connectivity index (χ2v) is 4.37. The van der Waals surface area contributed by atoms with E-state index in [-0.39, 0.29) is 5.57 Å². The predicted molar refractivity (Wildman–Crippen MR) is 73.2 cm³/mol. The van der Waals surface area contributed by atoms with E-state index in [1.54, 1.807) is 54.6 Å². The molecule has 1 aromatic rings. The van der Waals surface area contributed by atoms with E-state index in [0.717, 1.165) is 0 Å². The van der Waals surface area contributed by atoms with Gasteiger partial charge in [-0.1, -0.05) is 30.3 Å². The summed E-state index contributed by atoms with van der Waals surface area (Å²) < 4.78 is 43.4. The van der Waals surface area contributed by atoms with E-state index in [4.69, 9.17) is 4.42 Å². The fraction of sp³-hybridized carbons (Fsp3) is 0.188. The van der Waals surface area contributed by atoms with E-state index in [9.17, 15) is 13.2 Å². The molecule has 104 valence electrons. The third-order valence-corrected chi connectivity index (χ3v) is 2.94. The molecule has 20 heavy (non-hydrogen) atoms. The van der Waals surface area contributed by atoms with E-state index in [2.05, 4.69) is 0 Å². The molecular weight excluding hydrogens is 265 g/mol. The van der Waals surface area contributed by atoms with Crippen LogP contribution < -0.4 is 0 Å². The average molecular weight is 279 g/mol. The Labute approximate surface area is 115 Å². The van der Waals surface area contributed by atoms with Crippen LogP contribution in [0.1, 0.15) is 12.0 Å². The number of benzene rings is 1. The van der Waals surface area contributed by atoms with Gasteiger partial charge in [-0.3, -0.25) is 4.42 Å². The van der Waals surface area contributed by atoms with E-state index in [1.165, 1.54) is 7.11 Å². The van der Waals surface area contributed by atoms with Crippen LogP contribution in [-0.2, 0) is 4.42 Å². The van der Waals surface area contributed by atoms with Gasteiger partial charge in [0.15, 0.2) is 0 Å². The number of ketones is 1. The Morgan fingerprint density at radius 1 is 1.00 bits per heavy atom. The number of halogens is 3. The van der Waals surface area contributed by atoms with Crippen LogP contribution >= 0.6 is 0 Å². The molecule has 1 aromatic carbocycles. The summed E-state index contributed by atoms with van der Waals surface area (Å²) in [6, 6.07) is 8.61. The summed E-state index contributed by atoms with van der Waals surface area (Å²) in [7, 11) is 1.52. The summed E-state index contributed by atoms with van der Waals surface area (Å²) in [4.78, 5) is 0. The van der Waals surface area contributed by atoms with Gasteiger partial charge in [0.2, 0.25) is 0 Å². The lowest BCUT2D eigenvalue weighted by atomic mass is 9.94. The van der Waals surface area contributed by atoms with Crippen molar-refractivity contribution in [1.29, 1.82) is 0 Å². The zero-order chi connectivity index (χ0) is 14.6. The molecule has 0 saturated carbocycles. The predicted octanol–water partition coefficient (Wildman–Crippen LogP) is 4.25. The summed E-state index contributed by atoms with van der Waals surface area (Å²) in [6.07, 6.45) is 1.41. The number of alkyl halides is 3.